The van der Waals surface area contributed by atoms with Crippen molar-refractivity contribution in [1.82, 2.24) is 0 Å². The number of aliphatic imine (C=N–C) groups is 2. The maximum atomic E-state index is 13.7. The lowest BCUT2D eigenvalue weighted by Crippen LogP contribution is -2.27. The Hall–Kier alpha value is -4.85. The number of rotatable bonds is 9. The van der Waals surface area contributed by atoms with Crippen LogP contribution in [0, 0.1) is 17.8 Å². The van der Waals surface area contributed by atoms with Crippen molar-refractivity contribution in [2.75, 3.05) is 19.9 Å². The van der Waals surface area contributed by atoms with Gasteiger partial charge in [-0.05, 0) is 117 Å². The van der Waals surface area contributed by atoms with Crippen LogP contribution in [-0.2, 0) is 26.4 Å². The van der Waals surface area contributed by atoms with Crippen LogP contribution in [0.2, 0.25) is 0 Å². The summed E-state index contributed by atoms with van der Waals surface area (Å²) in [6.07, 6.45) is -9.09. The Morgan fingerprint density at radius 2 is 0.890 bits per heavy atom. The molecule has 0 radical (unpaired) electrons. The molecule has 8 rings (SSSR count). The van der Waals surface area contributed by atoms with Crippen LogP contribution in [0.1, 0.15) is 90.1 Å². The van der Waals surface area contributed by atoms with Gasteiger partial charge in [0.2, 0.25) is 11.8 Å². The summed E-state index contributed by atoms with van der Waals surface area (Å²) in [7, 11) is -3.24. The summed E-state index contributed by atoms with van der Waals surface area (Å²) in [6, 6.07) is 45.8. The number of nitrogens with zero attached hydrogens (tertiary/aromatic N) is 2. The van der Waals surface area contributed by atoms with Crippen molar-refractivity contribution in [2.45, 2.75) is 98.4 Å². The first-order chi connectivity index (χ1) is 34.1. The van der Waals surface area contributed by atoms with E-state index in [1.54, 1.807) is 6.66 Å². The van der Waals surface area contributed by atoms with Crippen molar-refractivity contribution in [2.24, 2.45) is 20.8 Å². The Morgan fingerprint density at radius 3 is 1.29 bits per heavy atom. The average molecular weight is 1080 g/mol. The van der Waals surface area contributed by atoms with E-state index in [1.165, 1.54) is 45.5 Å². The van der Waals surface area contributed by atoms with E-state index in [-0.39, 0.29) is 45.7 Å². The molecule has 0 amide bonds. The van der Waals surface area contributed by atoms with E-state index in [9.17, 15) is 30.9 Å². The molecule has 0 saturated heterocycles. The third-order valence-electron chi connectivity index (χ3n) is 11.6. The van der Waals surface area contributed by atoms with Crippen LogP contribution >= 0.6 is 34.2 Å². The van der Waals surface area contributed by atoms with Crippen molar-refractivity contribution in [3.8, 4) is 0 Å². The van der Waals surface area contributed by atoms with Crippen LogP contribution in [0.5, 0.6) is 0 Å². The molecule has 4 atom stereocenters. The quantitative estimate of drug-likeness (QED) is 0.107. The number of aryl methyl sites for hydroxylation is 1. The summed E-state index contributed by atoms with van der Waals surface area (Å²) in [4.78, 5) is 9.60. The van der Waals surface area contributed by atoms with Crippen molar-refractivity contribution in [3.05, 3.63) is 179 Å². The fourth-order valence-corrected chi connectivity index (χ4v) is 15.6. The van der Waals surface area contributed by atoms with Crippen molar-refractivity contribution < 1.29 is 40.4 Å². The molecular formula is C58H64F6N2O3P3S+. The standard InChI is InChI=1S/C28H26F6NOP.C25H26NOP.C5H12OPS/c1-17-5-10-20(11-6-17)37(21-12-7-18(8-13-21)27(29,30)31)23-14-9-19(28(32,33)34)15-22(23)25-35-24(16-36-25)26(2,3)4;1-25(2,3)23-18-27-24(26-23)21-16-10-11-17-22(21)28(19-12-6-4-7-13-19)20-14-8-5-9-15-20;1-5(2,3)8-7(4)6/h5-15,24H,16H2,1-4H3;4-17,23H,18H2,1-3H3;1-4H3/q;;+1/t24-,37?;23-;/m11./s1. The van der Waals surface area contributed by atoms with E-state index in [0.29, 0.717) is 17.2 Å². The minimum absolute atomic E-state index is 0.0975. The van der Waals surface area contributed by atoms with Crippen molar-refractivity contribution in [3.63, 3.8) is 0 Å². The topological polar surface area (TPSA) is 60.2 Å². The summed E-state index contributed by atoms with van der Waals surface area (Å²) in [6.45, 7) is 23.3. The minimum atomic E-state index is -4.59. The molecule has 2 aliphatic rings. The molecule has 0 aliphatic carbocycles. The largest absolute Gasteiger partial charge is 0.475 e. The summed E-state index contributed by atoms with van der Waals surface area (Å²) >= 11 is 1.52. The Morgan fingerprint density at radius 1 is 0.507 bits per heavy atom. The molecule has 0 fully saturated rings. The van der Waals surface area contributed by atoms with Gasteiger partial charge in [-0.1, -0.05) is 173 Å². The first-order valence-corrected chi connectivity index (χ1v) is 29.7. The van der Waals surface area contributed by atoms with E-state index in [4.69, 9.17) is 14.5 Å². The molecule has 0 saturated carbocycles. The summed E-state index contributed by atoms with van der Waals surface area (Å²) in [5, 5.41) is 5.85. The highest BCUT2D eigenvalue weighted by Crippen LogP contribution is 2.44. The van der Waals surface area contributed by atoms with E-state index >= 15 is 0 Å². The van der Waals surface area contributed by atoms with Crippen LogP contribution < -0.4 is 31.8 Å². The normalized spacial score (nSPS) is 16.7. The fraction of sp³-hybridized carbons (Fsp3) is 0.345. The van der Waals surface area contributed by atoms with Crippen LogP contribution in [0.4, 0.5) is 26.3 Å². The third kappa shape index (κ3) is 15.8. The Balaban J connectivity index is 0.000000213. The molecule has 0 aromatic heterocycles. The Kier molecular flexibility index (Phi) is 18.7. The highest BCUT2D eigenvalue weighted by Gasteiger charge is 2.37. The molecule has 2 heterocycles. The smallest absolute Gasteiger partial charge is 0.416 e. The van der Waals surface area contributed by atoms with Gasteiger partial charge in [-0.2, -0.15) is 26.3 Å². The van der Waals surface area contributed by atoms with Gasteiger partial charge in [0.05, 0.1) is 28.0 Å². The van der Waals surface area contributed by atoms with Gasteiger partial charge >= 0.3 is 19.4 Å². The summed E-state index contributed by atoms with van der Waals surface area (Å²) in [5.74, 6) is 0.905. The van der Waals surface area contributed by atoms with E-state index < -0.39 is 46.3 Å². The molecule has 386 valence electrons. The van der Waals surface area contributed by atoms with Gasteiger partial charge in [0, 0.05) is 11.1 Å². The maximum absolute atomic E-state index is 13.7. The first kappa shape index (κ1) is 57.4. The molecule has 0 spiro atoms. The minimum Gasteiger partial charge on any atom is -0.475 e. The van der Waals surface area contributed by atoms with Crippen molar-refractivity contribution in [1.29, 1.82) is 0 Å². The number of hydrogen-bond acceptors (Lipinski definition) is 6. The Bertz CT molecular complexity index is 2820. The molecule has 2 aliphatic heterocycles. The predicted octanol–water partition coefficient (Wildman–Crippen LogP) is 14.5. The molecule has 0 N–H and O–H groups in total. The van der Waals surface area contributed by atoms with Crippen LogP contribution in [0.3, 0.4) is 0 Å². The number of hydrogen-bond donors (Lipinski definition) is 0. The maximum Gasteiger partial charge on any atom is 0.416 e. The number of ether oxygens (including phenoxy) is 2. The zero-order valence-electron chi connectivity index (χ0n) is 43.1. The first-order valence-electron chi connectivity index (χ1n) is 23.9. The highest BCUT2D eigenvalue weighted by atomic mass is 32.7. The average Bonchev–Trinajstić information content (AvgIpc) is 4.03. The van der Waals surface area contributed by atoms with Gasteiger partial charge in [-0.3, -0.25) is 0 Å². The van der Waals surface area contributed by atoms with Gasteiger partial charge in [0.15, 0.2) is 0 Å². The van der Waals surface area contributed by atoms with E-state index in [1.807, 2.05) is 52.0 Å². The fourth-order valence-electron chi connectivity index (χ4n) is 7.75. The van der Waals surface area contributed by atoms with Gasteiger partial charge < -0.3 is 9.47 Å². The second-order valence-corrected chi connectivity index (χ2v) is 29.6. The highest BCUT2D eigenvalue weighted by molar-refractivity contribution is 8.52. The second-order valence-electron chi connectivity index (χ2n) is 20.9. The molecule has 15 heteroatoms. The molecule has 0 bridgehead atoms. The molecule has 2 unspecified atom stereocenters. The zero-order chi connectivity index (χ0) is 53.5. The van der Waals surface area contributed by atoms with Gasteiger partial charge in [0.1, 0.15) is 31.3 Å². The third-order valence-corrected chi connectivity index (χ3v) is 19.9. The van der Waals surface area contributed by atoms with Gasteiger partial charge in [-0.15, -0.1) is 0 Å². The molecule has 6 aromatic rings. The van der Waals surface area contributed by atoms with Gasteiger partial charge in [0.25, 0.3) is 0 Å². The Labute approximate surface area is 434 Å². The number of alkyl halides is 6. The van der Waals surface area contributed by atoms with E-state index in [0.717, 1.165) is 46.6 Å². The predicted molar refractivity (Wildman–Crippen MR) is 297 cm³/mol. The van der Waals surface area contributed by atoms with Crippen molar-refractivity contribution >= 4 is 77.9 Å². The molecule has 73 heavy (non-hydrogen) atoms. The number of halogens is 6. The van der Waals surface area contributed by atoms with Gasteiger partial charge in [-0.25, -0.2) is 9.98 Å². The lowest BCUT2D eigenvalue weighted by molar-refractivity contribution is -0.138. The van der Waals surface area contributed by atoms with Crippen LogP contribution in [0.15, 0.2) is 162 Å². The SMILES string of the molecule is CC(C)(C)[C@H]1COC(c2ccccc2P(c2ccccc2)c2ccccc2)=N1.C[P+](=O)SC(C)(C)C.Cc1ccc(P(c2ccc(C(F)(F)F)cc2)c2ccc(C(F)(F)F)cc2C2=N[C@@H](C(C)(C)C)CO2)cc1. The molecular weight excluding hydrogens is 1010 g/mol. The summed E-state index contributed by atoms with van der Waals surface area (Å²) in [5.41, 5.74) is 0.498. The molecule has 6 aromatic carbocycles. The lowest BCUT2D eigenvalue weighted by atomic mass is 9.88. The summed E-state index contributed by atoms with van der Waals surface area (Å²) < 4.78 is 104. The number of benzene rings is 6. The monoisotopic (exact) mass is 1080 g/mol. The second kappa shape index (κ2) is 23.8. The lowest BCUT2D eigenvalue weighted by Gasteiger charge is -2.23. The van der Waals surface area contributed by atoms with Crippen LogP contribution in [0.25, 0.3) is 0 Å². The van der Waals surface area contributed by atoms with Crippen LogP contribution in [-0.4, -0.2) is 48.5 Å². The van der Waals surface area contributed by atoms with E-state index in [2.05, 4.69) is 131 Å². The molecule has 5 nitrogen and oxygen atoms in total. The zero-order valence-corrected chi connectivity index (χ0v) is 46.6.